The van der Waals surface area contributed by atoms with Gasteiger partial charge in [-0.25, -0.2) is 22.0 Å². The Morgan fingerprint density at radius 1 is 1.15 bits per heavy atom. The van der Waals surface area contributed by atoms with E-state index >= 15 is 0 Å². The Labute approximate surface area is 118 Å². The van der Waals surface area contributed by atoms with Gasteiger partial charge >= 0.3 is 0 Å². The first-order valence-electron chi connectivity index (χ1n) is 6.07. The van der Waals surface area contributed by atoms with Gasteiger partial charge in [0.2, 0.25) is 10.0 Å². The monoisotopic (exact) mass is 319 g/mol. The van der Waals surface area contributed by atoms with Gasteiger partial charge in [0.05, 0.1) is 17.2 Å². The van der Waals surface area contributed by atoms with Gasteiger partial charge in [-0.15, -0.1) is 0 Å². The number of hydrogen-bond donors (Lipinski definition) is 2. The van der Waals surface area contributed by atoms with Crippen LogP contribution in [0.5, 0.6) is 0 Å². The number of nitrogen functional groups attached to an aromatic ring is 1. The van der Waals surface area contributed by atoms with Crippen molar-refractivity contribution in [3.63, 3.8) is 0 Å². The van der Waals surface area contributed by atoms with Gasteiger partial charge in [-0.1, -0.05) is 0 Å². The first-order valence-corrected chi connectivity index (χ1v) is 9.43. The molecule has 0 spiro atoms. The van der Waals surface area contributed by atoms with Crippen LogP contribution < -0.4 is 15.8 Å². The van der Waals surface area contributed by atoms with Crippen LogP contribution in [-0.4, -0.2) is 41.4 Å². The minimum absolute atomic E-state index is 0.0668. The molecule has 20 heavy (non-hydrogen) atoms. The average Bonchev–Trinajstić information content (AvgIpc) is 2.48. The minimum atomic E-state index is -3.85. The molecule has 0 aliphatic carbocycles. The second-order valence-electron chi connectivity index (χ2n) is 4.76. The Hall–Kier alpha value is -1.32. The van der Waals surface area contributed by atoms with Gasteiger partial charge < -0.3 is 10.6 Å². The second kappa shape index (κ2) is 5.23. The highest BCUT2D eigenvalue weighted by atomic mass is 32.2. The van der Waals surface area contributed by atoms with Crippen molar-refractivity contribution in [2.75, 3.05) is 35.2 Å². The zero-order chi connectivity index (χ0) is 15.0. The molecule has 1 aliphatic rings. The largest absolute Gasteiger partial charge is 0.398 e. The number of hydrogen-bond acceptors (Lipinski definition) is 6. The van der Waals surface area contributed by atoms with Crippen LogP contribution in [0.25, 0.3) is 0 Å². The molecule has 0 atom stereocenters. The standard InChI is InChI=1S/C11H17N3O4S2/c12-10-8-9(2-3-11(10)20(13,17)18)14-4-1-6-19(15,16)7-5-14/h2-3,8H,1,4-7,12H2,(H2,13,17,18). The summed E-state index contributed by atoms with van der Waals surface area (Å²) in [5.74, 6) is 0.262. The van der Waals surface area contributed by atoms with Gasteiger partial charge in [-0.05, 0) is 24.6 Å². The van der Waals surface area contributed by atoms with Crippen molar-refractivity contribution in [2.24, 2.45) is 5.14 Å². The molecule has 1 saturated heterocycles. The van der Waals surface area contributed by atoms with E-state index < -0.39 is 19.9 Å². The van der Waals surface area contributed by atoms with Crippen LogP contribution in [0.1, 0.15) is 6.42 Å². The van der Waals surface area contributed by atoms with Crippen LogP contribution in [0, 0.1) is 0 Å². The third-order valence-electron chi connectivity index (χ3n) is 3.22. The molecule has 1 fully saturated rings. The van der Waals surface area contributed by atoms with E-state index in [9.17, 15) is 16.8 Å². The molecular formula is C11H17N3O4S2. The van der Waals surface area contributed by atoms with Gasteiger partial charge in [0.15, 0.2) is 9.84 Å². The predicted octanol–water partition coefficient (Wildman–Crippen LogP) is -0.459. The van der Waals surface area contributed by atoms with Crippen molar-refractivity contribution in [2.45, 2.75) is 11.3 Å². The topological polar surface area (TPSA) is 124 Å². The lowest BCUT2D eigenvalue weighted by Crippen LogP contribution is -2.27. The molecule has 7 nitrogen and oxygen atoms in total. The molecule has 112 valence electrons. The maximum atomic E-state index is 11.6. The fourth-order valence-electron chi connectivity index (χ4n) is 2.19. The first kappa shape index (κ1) is 15.1. The maximum Gasteiger partial charge on any atom is 0.240 e. The summed E-state index contributed by atoms with van der Waals surface area (Å²) in [6.07, 6.45) is 0.541. The summed E-state index contributed by atoms with van der Waals surface area (Å²) in [7, 11) is -6.84. The Kier molecular flexibility index (Phi) is 3.94. The van der Waals surface area contributed by atoms with Crippen molar-refractivity contribution < 1.29 is 16.8 Å². The minimum Gasteiger partial charge on any atom is -0.398 e. The summed E-state index contributed by atoms with van der Waals surface area (Å²) in [6, 6.07) is 4.45. The quantitative estimate of drug-likeness (QED) is 0.711. The summed E-state index contributed by atoms with van der Waals surface area (Å²) in [4.78, 5) is 1.76. The molecule has 1 aromatic carbocycles. The molecule has 0 unspecified atom stereocenters. The van der Waals surface area contributed by atoms with E-state index in [1.807, 2.05) is 4.90 Å². The van der Waals surface area contributed by atoms with Crippen LogP contribution in [0.15, 0.2) is 23.1 Å². The highest BCUT2D eigenvalue weighted by molar-refractivity contribution is 7.91. The molecule has 0 bridgehead atoms. The third kappa shape index (κ3) is 3.41. The predicted molar refractivity (Wildman–Crippen MR) is 77.7 cm³/mol. The van der Waals surface area contributed by atoms with Crippen molar-refractivity contribution >= 4 is 31.2 Å². The molecule has 4 N–H and O–H groups in total. The number of sulfonamides is 1. The first-order chi connectivity index (χ1) is 9.19. The Bertz CT molecular complexity index is 713. The maximum absolute atomic E-state index is 11.6. The second-order valence-corrected chi connectivity index (χ2v) is 8.59. The lowest BCUT2D eigenvalue weighted by atomic mass is 10.2. The van der Waals surface area contributed by atoms with E-state index in [1.54, 1.807) is 6.07 Å². The molecule has 0 radical (unpaired) electrons. The normalized spacial score (nSPS) is 19.6. The van der Waals surface area contributed by atoms with E-state index in [1.165, 1.54) is 12.1 Å². The summed E-state index contributed by atoms with van der Waals surface area (Å²) < 4.78 is 45.7. The smallest absolute Gasteiger partial charge is 0.240 e. The van der Waals surface area contributed by atoms with E-state index in [0.717, 1.165) is 0 Å². The van der Waals surface area contributed by atoms with Crippen LogP contribution in [0.3, 0.4) is 0 Å². The van der Waals surface area contributed by atoms with Crippen LogP contribution in [-0.2, 0) is 19.9 Å². The Balaban J connectivity index is 2.28. The van der Waals surface area contributed by atoms with E-state index in [4.69, 9.17) is 10.9 Å². The summed E-state index contributed by atoms with van der Waals surface area (Å²) in [5.41, 5.74) is 6.47. The van der Waals surface area contributed by atoms with Crippen LogP contribution >= 0.6 is 0 Å². The molecule has 0 aromatic heterocycles. The summed E-state index contributed by atoms with van der Waals surface area (Å²) in [5, 5.41) is 5.05. The van der Waals surface area contributed by atoms with Crippen LogP contribution in [0.2, 0.25) is 0 Å². The molecule has 0 amide bonds. The number of rotatable bonds is 2. The Morgan fingerprint density at radius 3 is 2.45 bits per heavy atom. The van der Waals surface area contributed by atoms with Crippen molar-refractivity contribution in [3.05, 3.63) is 18.2 Å². The molecular weight excluding hydrogens is 302 g/mol. The van der Waals surface area contributed by atoms with Gasteiger partial charge in [0.25, 0.3) is 0 Å². The SMILES string of the molecule is Nc1cc(N2CCCS(=O)(=O)CC2)ccc1S(N)(=O)=O. The fourth-order valence-corrected chi connectivity index (χ4v) is 4.11. The van der Waals surface area contributed by atoms with Gasteiger partial charge in [0, 0.05) is 18.8 Å². The highest BCUT2D eigenvalue weighted by Gasteiger charge is 2.20. The Morgan fingerprint density at radius 2 is 1.85 bits per heavy atom. The number of anilines is 2. The summed E-state index contributed by atoms with van der Waals surface area (Å²) >= 11 is 0. The van der Waals surface area contributed by atoms with Crippen molar-refractivity contribution in [1.82, 2.24) is 0 Å². The molecule has 1 heterocycles. The zero-order valence-corrected chi connectivity index (χ0v) is 12.5. The van der Waals surface area contributed by atoms with Gasteiger partial charge in [-0.2, -0.15) is 0 Å². The van der Waals surface area contributed by atoms with Gasteiger partial charge in [0.1, 0.15) is 4.90 Å². The molecule has 9 heteroatoms. The number of nitrogens with two attached hydrogens (primary N) is 2. The van der Waals surface area contributed by atoms with E-state index in [0.29, 0.717) is 25.2 Å². The molecule has 1 aliphatic heterocycles. The number of primary sulfonamides is 1. The van der Waals surface area contributed by atoms with Crippen molar-refractivity contribution in [3.8, 4) is 0 Å². The molecule has 2 rings (SSSR count). The highest BCUT2D eigenvalue weighted by Crippen LogP contribution is 2.25. The van der Waals surface area contributed by atoms with E-state index in [2.05, 4.69) is 0 Å². The molecule has 0 saturated carbocycles. The lowest BCUT2D eigenvalue weighted by molar-refractivity contribution is 0.595. The third-order valence-corrected chi connectivity index (χ3v) is 5.92. The summed E-state index contributed by atoms with van der Waals surface area (Å²) in [6.45, 7) is 0.962. The lowest BCUT2D eigenvalue weighted by Gasteiger charge is -2.22. The molecule has 1 aromatic rings. The number of nitrogens with zero attached hydrogens (tertiary/aromatic N) is 1. The zero-order valence-electron chi connectivity index (χ0n) is 10.8. The van der Waals surface area contributed by atoms with Gasteiger partial charge in [-0.3, -0.25) is 0 Å². The van der Waals surface area contributed by atoms with Crippen molar-refractivity contribution in [1.29, 1.82) is 0 Å². The van der Waals surface area contributed by atoms with E-state index in [-0.39, 0.29) is 22.1 Å². The average molecular weight is 319 g/mol. The fraction of sp³-hybridized carbons (Fsp3) is 0.455. The van der Waals surface area contributed by atoms with Crippen LogP contribution in [0.4, 0.5) is 11.4 Å². The number of benzene rings is 1. The number of sulfone groups is 1.